The second kappa shape index (κ2) is 7.71. The van der Waals surface area contributed by atoms with Gasteiger partial charge in [0.25, 0.3) is 0 Å². The third kappa shape index (κ3) is 4.79. The molecular formula is C15H23N3O3S. The lowest BCUT2D eigenvalue weighted by molar-refractivity contribution is -0.125. The van der Waals surface area contributed by atoms with Crippen molar-refractivity contribution in [3.63, 3.8) is 0 Å². The van der Waals surface area contributed by atoms with E-state index in [-0.39, 0.29) is 23.3 Å². The Bertz CT molecular complexity index is 593. The molecule has 1 fully saturated rings. The average Bonchev–Trinajstić information content (AvgIpc) is 2.52. The summed E-state index contributed by atoms with van der Waals surface area (Å²) in [5.74, 6) is 0.0472. The first-order valence-electron chi connectivity index (χ1n) is 7.54. The molecule has 1 aromatic carbocycles. The number of hydrogen-bond acceptors (Lipinski definition) is 4. The van der Waals surface area contributed by atoms with Crippen molar-refractivity contribution in [2.24, 2.45) is 5.92 Å². The van der Waals surface area contributed by atoms with Crippen LogP contribution in [0.3, 0.4) is 0 Å². The number of carbonyl (C=O) groups excluding carboxylic acids is 1. The molecule has 0 atom stereocenters. The number of aryl methyl sites for hydroxylation is 1. The molecule has 1 aliphatic heterocycles. The van der Waals surface area contributed by atoms with E-state index in [9.17, 15) is 13.2 Å². The van der Waals surface area contributed by atoms with Crippen molar-refractivity contribution in [2.45, 2.75) is 24.7 Å². The number of benzene rings is 1. The van der Waals surface area contributed by atoms with Crippen molar-refractivity contribution in [1.82, 2.24) is 15.4 Å². The van der Waals surface area contributed by atoms with Crippen LogP contribution in [-0.2, 0) is 14.8 Å². The molecule has 0 bridgehead atoms. The van der Waals surface area contributed by atoms with Crippen LogP contribution >= 0.6 is 0 Å². The molecule has 0 aromatic heterocycles. The lowest BCUT2D eigenvalue weighted by atomic mass is 9.97. The predicted octanol–water partition coefficient (Wildman–Crippen LogP) is 0.389. The molecule has 1 saturated heterocycles. The van der Waals surface area contributed by atoms with E-state index in [0.717, 1.165) is 31.5 Å². The molecular weight excluding hydrogens is 302 g/mol. The molecule has 0 unspecified atom stereocenters. The van der Waals surface area contributed by atoms with Gasteiger partial charge in [-0.1, -0.05) is 17.7 Å². The third-order valence-corrected chi connectivity index (χ3v) is 5.23. The molecule has 22 heavy (non-hydrogen) atoms. The summed E-state index contributed by atoms with van der Waals surface area (Å²) in [5.41, 5.74) is 1.01. The van der Waals surface area contributed by atoms with Gasteiger partial charge in [0, 0.05) is 19.0 Å². The Morgan fingerprint density at radius 1 is 1.18 bits per heavy atom. The maximum Gasteiger partial charge on any atom is 0.240 e. The molecule has 122 valence electrons. The monoisotopic (exact) mass is 325 g/mol. The summed E-state index contributed by atoms with van der Waals surface area (Å²) in [5, 5.41) is 6.00. The normalized spacial score (nSPS) is 16.4. The van der Waals surface area contributed by atoms with Crippen LogP contribution in [0, 0.1) is 12.8 Å². The quantitative estimate of drug-likeness (QED) is 0.660. The summed E-state index contributed by atoms with van der Waals surface area (Å²) >= 11 is 0. The van der Waals surface area contributed by atoms with Crippen molar-refractivity contribution in [3.05, 3.63) is 29.8 Å². The Balaban J connectivity index is 1.75. The third-order valence-electron chi connectivity index (χ3n) is 3.76. The van der Waals surface area contributed by atoms with E-state index in [2.05, 4.69) is 15.4 Å². The maximum absolute atomic E-state index is 12.1. The molecule has 7 heteroatoms. The summed E-state index contributed by atoms with van der Waals surface area (Å²) in [7, 11) is -3.51. The zero-order chi connectivity index (χ0) is 16.0. The van der Waals surface area contributed by atoms with Crippen LogP contribution in [0.2, 0.25) is 0 Å². The van der Waals surface area contributed by atoms with E-state index < -0.39 is 10.0 Å². The number of amides is 1. The number of carbonyl (C=O) groups is 1. The van der Waals surface area contributed by atoms with Crippen molar-refractivity contribution in [3.8, 4) is 0 Å². The van der Waals surface area contributed by atoms with Gasteiger partial charge in [-0.05, 0) is 45.0 Å². The Labute approximate surface area is 131 Å². The van der Waals surface area contributed by atoms with Crippen LogP contribution in [0.25, 0.3) is 0 Å². The van der Waals surface area contributed by atoms with Crippen LogP contribution in [-0.4, -0.2) is 40.5 Å². The van der Waals surface area contributed by atoms with Gasteiger partial charge in [-0.2, -0.15) is 0 Å². The van der Waals surface area contributed by atoms with E-state index in [1.165, 1.54) is 0 Å². The summed E-state index contributed by atoms with van der Waals surface area (Å²) in [6.45, 7) is 4.11. The molecule has 6 nitrogen and oxygen atoms in total. The molecule has 3 N–H and O–H groups in total. The summed E-state index contributed by atoms with van der Waals surface area (Å²) in [4.78, 5) is 12.2. The lowest BCUT2D eigenvalue weighted by Gasteiger charge is -2.21. The maximum atomic E-state index is 12.1. The van der Waals surface area contributed by atoms with Crippen LogP contribution in [0.15, 0.2) is 29.2 Å². The van der Waals surface area contributed by atoms with Gasteiger partial charge in [-0.3, -0.25) is 4.79 Å². The van der Waals surface area contributed by atoms with Crippen LogP contribution in [0.5, 0.6) is 0 Å². The predicted molar refractivity (Wildman–Crippen MR) is 85.0 cm³/mol. The van der Waals surface area contributed by atoms with E-state index >= 15 is 0 Å². The van der Waals surface area contributed by atoms with Crippen molar-refractivity contribution in [1.29, 1.82) is 0 Å². The first-order chi connectivity index (χ1) is 10.5. The lowest BCUT2D eigenvalue weighted by Crippen LogP contribution is -2.41. The van der Waals surface area contributed by atoms with Gasteiger partial charge >= 0.3 is 0 Å². The second-order valence-corrected chi connectivity index (χ2v) is 7.29. The molecule has 0 aliphatic carbocycles. The summed E-state index contributed by atoms with van der Waals surface area (Å²) in [6, 6.07) is 6.66. The SMILES string of the molecule is Cc1ccc(S(=O)(=O)NCCNC(=O)C2CCNCC2)cc1. The number of sulfonamides is 1. The van der Waals surface area contributed by atoms with E-state index in [1.807, 2.05) is 6.92 Å². The van der Waals surface area contributed by atoms with Gasteiger partial charge in [0.15, 0.2) is 0 Å². The second-order valence-electron chi connectivity index (χ2n) is 5.53. The molecule has 2 rings (SSSR count). The van der Waals surface area contributed by atoms with Gasteiger partial charge in [-0.15, -0.1) is 0 Å². The zero-order valence-electron chi connectivity index (χ0n) is 12.8. The van der Waals surface area contributed by atoms with Crippen molar-refractivity contribution >= 4 is 15.9 Å². The van der Waals surface area contributed by atoms with Crippen molar-refractivity contribution in [2.75, 3.05) is 26.2 Å². The Morgan fingerprint density at radius 2 is 1.82 bits per heavy atom. The Kier molecular flexibility index (Phi) is 5.93. The molecule has 1 aromatic rings. The smallest absolute Gasteiger partial charge is 0.240 e. The fourth-order valence-electron chi connectivity index (χ4n) is 2.40. The van der Waals surface area contributed by atoms with Crippen LogP contribution < -0.4 is 15.4 Å². The highest BCUT2D eigenvalue weighted by molar-refractivity contribution is 7.89. The first-order valence-corrected chi connectivity index (χ1v) is 9.02. The molecule has 0 saturated carbocycles. The van der Waals surface area contributed by atoms with Gasteiger partial charge in [-0.25, -0.2) is 13.1 Å². The fraction of sp³-hybridized carbons (Fsp3) is 0.533. The Morgan fingerprint density at radius 3 is 2.45 bits per heavy atom. The molecule has 1 aliphatic rings. The molecule has 0 radical (unpaired) electrons. The van der Waals surface area contributed by atoms with Gasteiger partial charge in [0.1, 0.15) is 0 Å². The van der Waals surface area contributed by atoms with E-state index in [4.69, 9.17) is 0 Å². The molecule has 1 amide bonds. The van der Waals surface area contributed by atoms with Crippen LogP contribution in [0.1, 0.15) is 18.4 Å². The molecule has 0 spiro atoms. The highest BCUT2D eigenvalue weighted by Gasteiger charge is 2.20. The zero-order valence-corrected chi connectivity index (χ0v) is 13.6. The fourth-order valence-corrected chi connectivity index (χ4v) is 3.43. The number of nitrogens with one attached hydrogen (secondary N) is 3. The first kappa shape index (κ1) is 16.9. The summed E-state index contributed by atoms with van der Waals surface area (Å²) < 4.78 is 26.6. The minimum absolute atomic E-state index is 0.0102. The topological polar surface area (TPSA) is 87.3 Å². The van der Waals surface area contributed by atoms with Gasteiger partial charge in [0.2, 0.25) is 15.9 Å². The van der Waals surface area contributed by atoms with Gasteiger partial charge in [0.05, 0.1) is 4.90 Å². The van der Waals surface area contributed by atoms with E-state index in [0.29, 0.717) is 6.54 Å². The average molecular weight is 325 g/mol. The van der Waals surface area contributed by atoms with E-state index in [1.54, 1.807) is 24.3 Å². The van der Waals surface area contributed by atoms with Crippen LogP contribution in [0.4, 0.5) is 0 Å². The largest absolute Gasteiger partial charge is 0.355 e. The summed E-state index contributed by atoms with van der Waals surface area (Å²) in [6.07, 6.45) is 1.67. The Hall–Kier alpha value is -1.44. The number of piperidine rings is 1. The van der Waals surface area contributed by atoms with Crippen molar-refractivity contribution < 1.29 is 13.2 Å². The molecule has 1 heterocycles. The number of hydrogen-bond donors (Lipinski definition) is 3. The highest BCUT2D eigenvalue weighted by Crippen LogP contribution is 2.11. The minimum atomic E-state index is -3.51. The minimum Gasteiger partial charge on any atom is -0.355 e. The highest BCUT2D eigenvalue weighted by atomic mass is 32.2. The standard InChI is InChI=1S/C15H23N3O3S/c1-12-2-4-14(5-3-12)22(20,21)18-11-10-17-15(19)13-6-8-16-9-7-13/h2-5,13,16,18H,6-11H2,1H3,(H,17,19). The number of rotatable bonds is 6. The van der Waals surface area contributed by atoms with Gasteiger partial charge < -0.3 is 10.6 Å².